The van der Waals surface area contributed by atoms with Crippen molar-refractivity contribution in [2.75, 3.05) is 13.7 Å². The quantitative estimate of drug-likeness (QED) is 0.588. The van der Waals surface area contributed by atoms with Gasteiger partial charge < -0.3 is 25.5 Å². The molecule has 0 amide bonds. The molecule has 1 saturated heterocycles. The first-order valence-corrected chi connectivity index (χ1v) is 9.88. The van der Waals surface area contributed by atoms with Crippen molar-refractivity contribution in [3.05, 3.63) is 52.6 Å². The van der Waals surface area contributed by atoms with E-state index in [2.05, 4.69) is 4.90 Å². The van der Waals surface area contributed by atoms with Crippen LogP contribution in [0.3, 0.4) is 0 Å². The monoisotopic (exact) mass is 397 g/mol. The van der Waals surface area contributed by atoms with E-state index in [1.54, 1.807) is 7.11 Å². The van der Waals surface area contributed by atoms with Crippen molar-refractivity contribution in [1.82, 2.24) is 4.90 Å². The van der Waals surface area contributed by atoms with E-state index in [4.69, 9.17) is 4.74 Å². The summed E-state index contributed by atoms with van der Waals surface area (Å²) in [4.78, 5) is 2.38. The average molecular weight is 397 g/mol. The molecule has 0 radical (unpaired) electrons. The predicted molar refractivity (Wildman–Crippen MR) is 112 cm³/mol. The zero-order valence-corrected chi connectivity index (χ0v) is 16.5. The zero-order valence-electron chi connectivity index (χ0n) is 16.5. The minimum absolute atomic E-state index is 0. The Balaban J connectivity index is 0.00000205. The van der Waals surface area contributed by atoms with Crippen LogP contribution in [0.15, 0.2) is 30.3 Å². The molecule has 29 heavy (non-hydrogen) atoms. The molecule has 6 heteroatoms. The summed E-state index contributed by atoms with van der Waals surface area (Å²) in [5.41, 5.74) is 3.73. The first-order valence-electron chi connectivity index (χ1n) is 9.88. The minimum atomic E-state index is -0.526. The van der Waals surface area contributed by atoms with E-state index in [1.165, 1.54) is 0 Å². The van der Waals surface area contributed by atoms with Gasteiger partial charge in [0.2, 0.25) is 0 Å². The number of nitrogens with zero attached hydrogens (tertiary/aromatic N) is 1. The Bertz CT molecular complexity index is 1080. The van der Waals surface area contributed by atoms with Gasteiger partial charge in [-0.05, 0) is 75.8 Å². The highest BCUT2D eigenvalue weighted by Crippen LogP contribution is 2.46. The molecule has 0 aliphatic carbocycles. The minimum Gasteiger partial charge on any atom is -0.496 e. The third kappa shape index (κ3) is 2.91. The second-order valence-electron chi connectivity index (χ2n) is 7.92. The molecule has 3 aromatic carbocycles. The lowest BCUT2D eigenvalue weighted by Crippen LogP contribution is -2.39. The van der Waals surface area contributed by atoms with E-state index < -0.39 is 6.10 Å². The number of hydrogen-bond donors (Lipinski definition) is 3. The summed E-state index contributed by atoms with van der Waals surface area (Å²) in [5.74, 6) is 0.660. The van der Waals surface area contributed by atoms with Crippen molar-refractivity contribution in [1.29, 1.82) is 0 Å². The maximum absolute atomic E-state index is 11.3. The number of aliphatic hydroxyl groups is 3. The third-order valence-electron chi connectivity index (χ3n) is 6.52. The van der Waals surface area contributed by atoms with Crippen molar-refractivity contribution in [3.8, 4) is 5.75 Å². The molecule has 2 aliphatic heterocycles. The number of ether oxygens (including phenoxy) is 1. The summed E-state index contributed by atoms with van der Waals surface area (Å²) < 4.78 is 5.53. The highest BCUT2D eigenvalue weighted by atomic mass is 16.5. The van der Waals surface area contributed by atoms with Gasteiger partial charge in [-0.3, -0.25) is 4.90 Å². The largest absolute Gasteiger partial charge is 0.496 e. The lowest BCUT2D eigenvalue weighted by Gasteiger charge is -2.37. The molecule has 3 aromatic rings. The molecule has 0 saturated carbocycles. The number of benzene rings is 3. The van der Waals surface area contributed by atoms with Gasteiger partial charge in [0.15, 0.2) is 0 Å². The topological polar surface area (TPSA) is 105 Å². The molecule has 5 rings (SSSR count). The standard InChI is InChI=1S/C23H25NO4.H2O/c1-28-21-9-18-17(8-14(21)12-26)16-7-13(11-25)4-5-15(16)22-19(18)10-24-6-2-3-20(24)23(22)27;/h4-5,7-9,20,23,25-27H,2-3,6,10-12H2,1H3;1H2/t20-,23+;/m1./s1. The Hall–Kier alpha value is -2.22. The molecule has 2 aliphatic rings. The van der Waals surface area contributed by atoms with Gasteiger partial charge in [-0.2, -0.15) is 0 Å². The lowest BCUT2D eigenvalue weighted by atomic mass is 9.82. The Labute approximate surface area is 169 Å². The van der Waals surface area contributed by atoms with Crippen LogP contribution in [0.2, 0.25) is 0 Å². The predicted octanol–water partition coefficient (Wildman–Crippen LogP) is 2.17. The van der Waals surface area contributed by atoms with Gasteiger partial charge >= 0.3 is 0 Å². The van der Waals surface area contributed by atoms with Gasteiger partial charge in [0, 0.05) is 18.2 Å². The average Bonchev–Trinajstić information content (AvgIpc) is 3.21. The van der Waals surface area contributed by atoms with Crippen LogP contribution < -0.4 is 4.74 Å². The van der Waals surface area contributed by atoms with Gasteiger partial charge in [-0.25, -0.2) is 0 Å². The van der Waals surface area contributed by atoms with Crippen molar-refractivity contribution in [2.24, 2.45) is 0 Å². The molecule has 0 bridgehead atoms. The summed E-state index contributed by atoms with van der Waals surface area (Å²) in [7, 11) is 1.61. The Morgan fingerprint density at radius 3 is 2.55 bits per heavy atom. The number of methoxy groups -OCH3 is 1. The number of hydrogen-bond acceptors (Lipinski definition) is 5. The van der Waals surface area contributed by atoms with Gasteiger partial charge in [0.25, 0.3) is 0 Å². The Kier molecular flexibility index (Phi) is 5.23. The molecule has 154 valence electrons. The molecule has 1 fully saturated rings. The van der Waals surface area contributed by atoms with Crippen molar-refractivity contribution in [2.45, 2.75) is 44.7 Å². The van der Waals surface area contributed by atoms with E-state index in [0.717, 1.165) is 69.7 Å². The zero-order chi connectivity index (χ0) is 19.4. The maximum Gasteiger partial charge on any atom is 0.125 e. The van der Waals surface area contributed by atoms with Crippen molar-refractivity contribution >= 4 is 21.5 Å². The number of aliphatic hydroxyl groups excluding tert-OH is 3. The molecule has 2 heterocycles. The fraction of sp³-hybridized carbons (Fsp3) is 0.391. The lowest BCUT2D eigenvalue weighted by molar-refractivity contribution is 0.0552. The summed E-state index contributed by atoms with van der Waals surface area (Å²) in [5, 5.41) is 34.9. The molecule has 5 N–H and O–H groups in total. The van der Waals surface area contributed by atoms with Crippen molar-refractivity contribution in [3.63, 3.8) is 0 Å². The van der Waals surface area contributed by atoms with Crippen LogP contribution in [0.1, 0.15) is 41.2 Å². The van der Waals surface area contributed by atoms with Crippen LogP contribution >= 0.6 is 0 Å². The fourth-order valence-corrected chi connectivity index (χ4v) is 5.18. The SMILES string of the molecule is COc1cc2c3c(c4ccc(CO)cc4c2cc1CO)[C@@H](O)[C@H]1CCCN1C3.O. The highest BCUT2D eigenvalue weighted by molar-refractivity contribution is 6.12. The molecule has 0 unspecified atom stereocenters. The van der Waals surface area contributed by atoms with Crippen LogP contribution in [0, 0.1) is 0 Å². The summed E-state index contributed by atoms with van der Waals surface area (Å²) >= 11 is 0. The molecule has 0 aromatic heterocycles. The smallest absolute Gasteiger partial charge is 0.125 e. The van der Waals surface area contributed by atoms with E-state index in [-0.39, 0.29) is 24.7 Å². The normalized spacial score (nSPS) is 21.1. The first kappa shape index (κ1) is 20.1. The molecular formula is C23H27NO5. The Morgan fingerprint density at radius 1 is 1.03 bits per heavy atom. The fourth-order valence-electron chi connectivity index (χ4n) is 5.18. The first-order chi connectivity index (χ1) is 13.7. The second-order valence-corrected chi connectivity index (χ2v) is 7.92. The van der Waals surface area contributed by atoms with Crippen LogP contribution in [-0.2, 0) is 19.8 Å². The van der Waals surface area contributed by atoms with Gasteiger partial charge in [0.05, 0.1) is 26.4 Å². The van der Waals surface area contributed by atoms with Crippen LogP contribution in [0.4, 0.5) is 0 Å². The summed E-state index contributed by atoms with van der Waals surface area (Å²) in [6.45, 7) is 1.69. The van der Waals surface area contributed by atoms with Gasteiger partial charge in [-0.1, -0.05) is 12.1 Å². The summed E-state index contributed by atoms with van der Waals surface area (Å²) in [6, 6.07) is 10.1. The summed E-state index contributed by atoms with van der Waals surface area (Å²) in [6.07, 6.45) is 1.60. The van der Waals surface area contributed by atoms with Crippen molar-refractivity contribution < 1.29 is 25.5 Å². The molecular weight excluding hydrogens is 370 g/mol. The van der Waals surface area contributed by atoms with Gasteiger partial charge in [-0.15, -0.1) is 0 Å². The van der Waals surface area contributed by atoms with Crippen LogP contribution in [0.5, 0.6) is 5.75 Å². The molecule has 6 nitrogen and oxygen atoms in total. The highest BCUT2D eigenvalue weighted by Gasteiger charge is 2.38. The van der Waals surface area contributed by atoms with Gasteiger partial charge in [0.1, 0.15) is 5.75 Å². The Morgan fingerprint density at radius 2 is 1.83 bits per heavy atom. The molecule has 2 atom stereocenters. The van der Waals surface area contributed by atoms with E-state index >= 15 is 0 Å². The van der Waals surface area contributed by atoms with E-state index in [9.17, 15) is 15.3 Å². The molecule has 0 spiro atoms. The maximum atomic E-state index is 11.3. The van der Waals surface area contributed by atoms with Crippen LogP contribution in [0.25, 0.3) is 21.5 Å². The van der Waals surface area contributed by atoms with Crippen LogP contribution in [-0.4, -0.2) is 45.4 Å². The number of fused-ring (bicyclic) bond motifs is 7. The number of rotatable bonds is 3. The second kappa shape index (κ2) is 7.55. The van der Waals surface area contributed by atoms with E-state index in [1.807, 2.05) is 30.3 Å². The van der Waals surface area contributed by atoms with E-state index in [0.29, 0.717) is 5.75 Å². The third-order valence-corrected chi connectivity index (χ3v) is 6.52.